The van der Waals surface area contributed by atoms with Gasteiger partial charge in [-0.3, -0.25) is 9.59 Å². The van der Waals surface area contributed by atoms with Crippen LogP contribution in [-0.2, 0) is 14.4 Å². The van der Waals surface area contributed by atoms with Crippen LogP contribution >= 0.6 is 0 Å². The third-order valence-corrected chi connectivity index (χ3v) is 2.53. The lowest BCUT2D eigenvalue weighted by atomic mass is 9.76. The van der Waals surface area contributed by atoms with E-state index in [0.717, 1.165) is 0 Å². The average molecular weight is 224 g/mol. The Labute approximate surface area is 92.1 Å². The fraction of sp³-hybridized carbons (Fsp3) is 0.364. The molecular weight excluding hydrogens is 212 g/mol. The van der Waals surface area contributed by atoms with E-state index in [-0.39, 0.29) is 5.78 Å². The number of rotatable bonds is 4. The van der Waals surface area contributed by atoms with Crippen LogP contribution in [-0.4, -0.2) is 33.9 Å². The molecule has 0 saturated heterocycles. The Kier molecular flexibility index (Phi) is 3.39. The average Bonchev–Trinajstić information content (AvgIpc) is 2.21. The first kappa shape index (κ1) is 12.3. The number of hydrogen-bond donors (Lipinski definition) is 2. The number of aliphatic hydroxyl groups excluding tert-OH is 1. The highest BCUT2D eigenvalue weighted by atomic mass is 16.4. The molecule has 16 heavy (non-hydrogen) atoms. The predicted octanol–water partition coefficient (Wildman–Crippen LogP) is 0.0925. The van der Waals surface area contributed by atoms with Gasteiger partial charge in [0.1, 0.15) is 5.78 Å². The topological polar surface area (TPSA) is 91.7 Å². The van der Waals surface area contributed by atoms with Gasteiger partial charge in [0.05, 0.1) is 11.5 Å². The maximum atomic E-state index is 11.5. The normalized spacial score (nSPS) is 27.8. The van der Waals surface area contributed by atoms with Crippen molar-refractivity contribution in [2.75, 3.05) is 0 Å². The van der Waals surface area contributed by atoms with Gasteiger partial charge in [-0.25, -0.2) is 4.79 Å². The molecule has 5 nitrogen and oxygen atoms in total. The summed E-state index contributed by atoms with van der Waals surface area (Å²) in [7, 11) is 0. The molecule has 0 aromatic carbocycles. The molecule has 0 amide bonds. The summed E-state index contributed by atoms with van der Waals surface area (Å²) in [6, 6.07) is 0. The molecule has 0 aliphatic heterocycles. The minimum atomic E-state index is -1.56. The lowest BCUT2D eigenvalue weighted by Gasteiger charge is -2.26. The van der Waals surface area contributed by atoms with Crippen molar-refractivity contribution in [1.82, 2.24) is 0 Å². The Morgan fingerprint density at radius 3 is 2.12 bits per heavy atom. The van der Waals surface area contributed by atoms with E-state index in [1.54, 1.807) is 0 Å². The van der Waals surface area contributed by atoms with Crippen LogP contribution in [0.1, 0.15) is 13.3 Å². The van der Waals surface area contributed by atoms with E-state index >= 15 is 0 Å². The van der Waals surface area contributed by atoms with Crippen molar-refractivity contribution in [1.29, 1.82) is 0 Å². The second kappa shape index (κ2) is 4.40. The van der Waals surface area contributed by atoms with E-state index in [9.17, 15) is 19.5 Å². The second-order valence-electron chi connectivity index (χ2n) is 3.71. The number of aliphatic carboxylic acids is 1. The molecule has 5 heteroatoms. The van der Waals surface area contributed by atoms with Crippen LogP contribution in [0.5, 0.6) is 0 Å². The van der Waals surface area contributed by atoms with Crippen LogP contribution in [0.4, 0.5) is 0 Å². The van der Waals surface area contributed by atoms with Crippen LogP contribution < -0.4 is 0 Å². The first-order chi connectivity index (χ1) is 7.37. The summed E-state index contributed by atoms with van der Waals surface area (Å²) in [5, 5.41) is 17.7. The third kappa shape index (κ3) is 2.43. The van der Waals surface area contributed by atoms with E-state index in [0.29, 0.717) is 0 Å². The number of carboxylic acids is 1. The SMILES string of the molecule is CC(=O)C1(CC(=O)C(=O)O)C=CC(O)C=C1. The smallest absolute Gasteiger partial charge is 0.372 e. The molecule has 0 radical (unpaired) electrons. The predicted molar refractivity (Wildman–Crippen MR) is 54.7 cm³/mol. The third-order valence-electron chi connectivity index (χ3n) is 2.53. The lowest BCUT2D eigenvalue weighted by Crippen LogP contribution is -2.32. The molecule has 1 aliphatic carbocycles. The van der Waals surface area contributed by atoms with Crippen molar-refractivity contribution in [3.8, 4) is 0 Å². The zero-order valence-electron chi connectivity index (χ0n) is 8.71. The van der Waals surface area contributed by atoms with Gasteiger partial charge in [-0.15, -0.1) is 0 Å². The van der Waals surface area contributed by atoms with Crippen molar-refractivity contribution in [3.63, 3.8) is 0 Å². The summed E-state index contributed by atoms with van der Waals surface area (Å²) in [5.74, 6) is -2.92. The van der Waals surface area contributed by atoms with E-state index in [2.05, 4.69) is 0 Å². The number of aliphatic hydroxyl groups is 1. The van der Waals surface area contributed by atoms with Crippen LogP contribution in [0.25, 0.3) is 0 Å². The van der Waals surface area contributed by atoms with Gasteiger partial charge >= 0.3 is 5.97 Å². The molecule has 0 heterocycles. The molecule has 1 aliphatic rings. The van der Waals surface area contributed by atoms with Gasteiger partial charge in [-0.05, 0) is 6.92 Å². The first-order valence-electron chi connectivity index (χ1n) is 4.71. The maximum Gasteiger partial charge on any atom is 0.372 e. The summed E-state index contributed by atoms with van der Waals surface area (Å²) in [6.45, 7) is 1.28. The van der Waals surface area contributed by atoms with Gasteiger partial charge in [-0.2, -0.15) is 0 Å². The molecule has 0 spiro atoms. The van der Waals surface area contributed by atoms with E-state index < -0.39 is 29.7 Å². The van der Waals surface area contributed by atoms with E-state index in [4.69, 9.17) is 5.11 Å². The number of ketones is 2. The quantitative estimate of drug-likeness (QED) is 0.521. The highest BCUT2D eigenvalue weighted by molar-refractivity contribution is 6.33. The molecule has 0 aromatic heterocycles. The van der Waals surface area contributed by atoms with Crippen LogP contribution in [0, 0.1) is 5.41 Å². The molecule has 86 valence electrons. The van der Waals surface area contributed by atoms with Gasteiger partial charge in [-0.1, -0.05) is 24.3 Å². The van der Waals surface area contributed by atoms with Crippen molar-refractivity contribution < 1.29 is 24.6 Å². The first-order valence-corrected chi connectivity index (χ1v) is 4.71. The minimum Gasteiger partial charge on any atom is -0.476 e. The number of allylic oxidation sites excluding steroid dienone is 2. The molecule has 1 rings (SSSR count). The van der Waals surface area contributed by atoms with Gasteiger partial charge < -0.3 is 10.2 Å². The maximum absolute atomic E-state index is 11.5. The van der Waals surface area contributed by atoms with Crippen molar-refractivity contribution in [2.45, 2.75) is 19.4 Å². The molecular formula is C11H12O5. The van der Waals surface area contributed by atoms with Crippen molar-refractivity contribution in [3.05, 3.63) is 24.3 Å². The summed E-state index contributed by atoms with van der Waals surface area (Å²) >= 11 is 0. The van der Waals surface area contributed by atoms with Crippen LogP contribution in [0.3, 0.4) is 0 Å². The Morgan fingerprint density at radius 2 is 1.75 bits per heavy atom. The molecule has 0 fully saturated rings. The standard InChI is InChI=1S/C11H12O5/c1-7(12)11(6-9(14)10(15)16)4-2-8(13)3-5-11/h2-5,8,13H,6H2,1H3,(H,15,16). The summed E-state index contributed by atoms with van der Waals surface area (Å²) < 4.78 is 0. The highest BCUT2D eigenvalue weighted by Crippen LogP contribution is 2.31. The molecule has 0 aromatic rings. The molecule has 0 unspecified atom stereocenters. The lowest BCUT2D eigenvalue weighted by molar-refractivity contribution is -0.150. The highest BCUT2D eigenvalue weighted by Gasteiger charge is 2.36. The van der Waals surface area contributed by atoms with E-state index in [1.807, 2.05) is 0 Å². The van der Waals surface area contributed by atoms with Gasteiger partial charge in [0.2, 0.25) is 5.78 Å². The Bertz CT molecular complexity index is 377. The Morgan fingerprint density at radius 1 is 1.25 bits per heavy atom. The largest absolute Gasteiger partial charge is 0.476 e. The molecule has 0 atom stereocenters. The van der Waals surface area contributed by atoms with Gasteiger partial charge in [0.15, 0.2) is 0 Å². The van der Waals surface area contributed by atoms with Crippen molar-refractivity contribution >= 4 is 17.5 Å². The number of carbonyl (C=O) groups is 3. The fourth-order valence-electron chi connectivity index (χ4n) is 1.48. The van der Waals surface area contributed by atoms with E-state index in [1.165, 1.54) is 31.2 Å². The van der Waals surface area contributed by atoms with Crippen LogP contribution in [0.2, 0.25) is 0 Å². The zero-order chi connectivity index (χ0) is 12.3. The van der Waals surface area contributed by atoms with Crippen molar-refractivity contribution in [2.24, 2.45) is 5.41 Å². The summed E-state index contributed by atoms with van der Waals surface area (Å²) in [4.78, 5) is 33.0. The summed E-state index contributed by atoms with van der Waals surface area (Å²) in [6.07, 6.45) is 4.25. The number of carbonyl (C=O) groups excluding carboxylic acids is 2. The Balaban J connectivity index is 2.96. The molecule has 2 N–H and O–H groups in total. The summed E-state index contributed by atoms with van der Waals surface area (Å²) in [5.41, 5.74) is -1.23. The minimum absolute atomic E-state index is 0.332. The van der Waals surface area contributed by atoms with Gasteiger partial charge in [0, 0.05) is 6.42 Å². The molecule has 0 bridgehead atoms. The monoisotopic (exact) mass is 224 g/mol. The van der Waals surface area contributed by atoms with Gasteiger partial charge in [0.25, 0.3) is 0 Å². The fourth-order valence-corrected chi connectivity index (χ4v) is 1.48. The molecule has 0 saturated carbocycles. The number of hydrogen-bond acceptors (Lipinski definition) is 4. The Hall–Kier alpha value is -1.75. The van der Waals surface area contributed by atoms with Crippen LogP contribution in [0.15, 0.2) is 24.3 Å². The zero-order valence-corrected chi connectivity index (χ0v) is 8.71. The number of Topliss-reactive ketones (excluding diaryl/α,β-unsaturated/α-hetero) is 2. The number of carboxylic acid groups (broad SMARTS) is 1. The second-order valence-corrected chi connectivity index (χ2v) is 3.71.